The lowest BCUT2D eigenvalue weighted by molar-refractivity contribution is -0.361. The van der Waals surface area contributed by atoms with Crippen LogP contribution >= 0.6 is 0 Å². The summed E-state index contributed by atoms with van der Waals surface area (Å²) in [6.45, 7) is 11.5. The van der Waals surface area contributed by atoms with Crippen LogP contribution in [0, 0.1) is 16.0 Å². The predicted octanol–water partition coefficient (Wildman–Crippen LogP) is 7.60. The van der Waals surface area contributed by atoms with Gasteiger partial charge in [0.1, 0.15) is 23.5 Å². The Balaban J connectivity index is 0.952. The van der Waals surface area contributed by atoms with Crippen LogP contribution in [0.3, 0.4) is 0 Å². The van der Waals surface area contributed by atoms with E-state index in [1.807, 2.05) is 80.6 Å². The number of carbonyl (C=O) groups excluding carboxylic acids is 1. The average Bonchev–Trinajstić information content (AvgIpc) is 3.31. The topological polar surface area (TPSA) is 104 Å². The molecule has 1 atom stereocenters. The maximum atomic E-state index is 13.7. The van der Waals surface area contributed by atoms with Crippen LogP contribution in [-0.4, -0.2) is 55.9 Å². The van der Waals surface area contributed by atoms with E-state index in [0.29, 0.717) is 35.6 Å². The summed E-state index contributed by atoms with van der Waals surface area (Å²) in [6, 6.07) is 11.4. The first-order chi connectivity index (χ1) is 23.2. The zero-order valence-corrected chi connectivity index (χ0v) is 29.6. The molecule has 9 nitrogen and oxygen atoms in total. The highest BCUT2D eigenvalue weighted by molar-refractivity contribution is 6.28. The number of ether oxygens (including phenoxy) is 3. The summed E-state index contributed by atoms with van der Waals surface area (Å²) in [5.41, 5.74) is 4.99. The van der Waals surface area contributed by atoms with E-state index in [0.717, 1.165) is 44.6 Å². The van der Waals surface area contributed by atoms with Gasteiger partial charge in [-0.25, -0.2) is 4.79 Å². The van der Waals surface area contributed by atoms with Gasteiger partial charge in [-0.3, -0.25) is 4.79 Å². The fourth-order valence-corrected chi connectivity index (χ4v) is 7.38. The molecule has 0 spiro atoms. The monoisotopic (exact) mass is 666 g/mol. The van der Waals surface area contributed by atoms with Crippen molar-refractivity contribution in [2.45, 2.75) is 65.9 Å². The second-order valence-electron chi connectivity index (χ2n) is 15.0. The number of esters is 1. The minimum atomic E-state index is -0.572. The van der Waals surface area contributed by atoms with Crippen LogP contribution < -0.4 is 15.3 Å². The SMILES string of the molecule is CN(C)c1ccc2cc(CCC(=O)OCCOC/C=C/CC3(C)C=Cc4c(ccc5c4[N+]([O-])=C4C5=CC(C)(C)CC4(C)C)O3)c(=O)oc2c1. The Bertz CT molecular complexity index is 1980. The molecular formula is C40H46N2O7. The van der Waals surface area contributed by atoms with Gasteiger partial charge in [-0.15, -0.1) is 0 Å². The number of allylic oxidation sites excluding steroid dienone is 2. The summed E-state index contributed by atoms with van der Waals surface area (Å²) < 4.78 is 24.0. The smallest absolute Gasteiger partial charge is 0.339 e. The van der Waals surface area contributed by atoms with E-state index >= 15 is 0 Å². The lowest BCUT2D eigenvalue weighted by Crippen LogP contribution is -2.36. The third-order valence-electron chi connectivity index (χ3n) is 9.45. The Morgan fingerprint density at radius 2 is 1.86 bits per heavy atom. The molecule has 6 rings (SSSR count). The molecular weight excluding hydrogens is 620 g/mol. The highest BCUT2D eigenvalue weighted by Crippen LogP contribution is 2.53. The molecule has 9 heteroatoms. The lowest BCUT2D eigenvalue weighted by Gasteiger charge is -2.36. The molecule has 0 saturated heterocycles. The van der Waals surface area contributed by atoms with E-state index in [2.05, 4.69) is 33.8 Å². The molecule has 0 radical (unpaired) electrons. The molecule has 1 unspecified atom stereocenters. The summed E-state index contributed by atoms with van der Waals surface area (Å²) >= 11 is 0. The summed E-state index contributed by atoms with van der Waals surface area (Å²) in [5.74, 6) is 0.302. The van der Waals surface area contributed by atoms with E-state index in [-0.39, 0.29) is 36.9 Å². The molecule has 3 aromatic rings. The number of fused-ring (bicyclic) bond motifs is 6. The molecule has 1 aromatic heterocycles. The minimum Gasteiger partial charge on any atom is -0.618 e. The van der Waals surface area contributed by atoms with Gasteiger partial charge in [0.15, 0.2) is 0 Å². The fraction of sp³-hybridized carbons (Fsp3) is 0.425. The normalized spacial score (nSPS) is 20.1. The van der Waals surface area contributed by atoms with Gasteiger partial charge in [-0.2, -0.15) is 4.74 Å². The van der Waals surface area contributed by atoms with Gasteiger partial charge >= 0.3 is 11.6 Å². The zero-order valence-electron chi connectivity index (χ0n) is 29.6. The van der Waals surface area contributed by atoms with E-state index < -0.39 is 17.2 Å². The summed E-state index contributed by atoms with van der Waals surface area (Å²) in [5, 5.41) is 14.5. The van der Waals surface area contributed by atoms with Gasteiger partial charge in [0.2, 0.25) is 11.4 Å². The standard InChI is InChI=1S/C40H46N2O7/c1-38(2)24-31-29-13-14-32-30(35(29)42(45)36(31)39(3,4)25-38)16-18-40(5,49-32)17-8-9-19-46-20-21-47-34(43)15-11-27-22-26-10-12-28(41(6)7)23-33(26)48-37(27)44/h8-10,12-14,16,18,22-24H,11,15,17,19-21,25H2,1-7H3/b9-8+. The lowest BCUT2D eigenvalue weighted by atomic mass is 9.65. The average molecular weight is 667 g/mol. The Labute approximate surface area is 287 Å². The first-order valence-electron chi connectivity index (χ1n) is 16.9. The maximum absolute atomic E-state index is 13.7. The Hall–Kier alpha value is -4.63. The number of hydrogen-bond acceptors (Lipinski definition) is 8. The van der Waals surface area contributed by atoms with Crippen molar-refractivity contribution in [1.29, 1.82) is 0 Å². The molecule has 0 amide bonds. The second kappa shape index (κ2) is 13.0. The van der Waals surface area contributed by atoms with Crippen LogP contribution in [0.25, 0.3) is 22.6 Å². The molecule has 0 saturated carbocycles. The molecule has 3 heterocycles. The molecule has 49 heavy (non-hydrogen) atoms. The van der Waals surface area contributed by atoms with Crippen LogP contribution in [0.5, 0.6) is 5.75 Å². The van der Waals surface area contributed by atoms with E-state index in [9.17, 15) is 14.8 Å². The second-order valence-corrected chi connectivity index (χ2v) is 15.0. The number of nitrogens with zero attached hydrogens (tertiary/aromatic N) is 2. The van der Waals surface area contributed by atoms with Crippen LogP contribution in [0.1, 0.15) is 70.6 Å². The molecule has 2 aromatic carbocycles. The van der Waals surface area contributed by atoms with Gasteiger partial charge < -0.3 is 28.7 Å². The third kappa shape index (κ3) is 7.08. The van der Waals surface area contributed by atoms with Crippen molar-refractivity contribution in [1.82, 2.24) is 0 Å². The molecule has 0 N–H and O–H groups in total. The summed E-state index contributed by atoms with van der Waals surface area (Å²) in [7, 11) is 3.84. The van der Waals surface area contributed by atoms with Crippen molar-refractivity contribution >= 4 is 45.7 Å². The number of rotatable bonds is 11. The Kier molecular flexibility index (Phi) is 9.09. The number of hydrogen-bond donors (Lipinski definition) is 0. The number of benzene rings is 2. The number of carbonyl (C=O) groups is 1. The first kappa shape index (κ1) is 34.2. The van der Waals surface area contributed by atoms with Gasteiger partial charge in [0, 0.05) is 49.6 Å². The molecule has 3 aliphatic rings. The van der Waals surface area contributed by atoms with Crippen molar-refractivity contribution in [3.05, 3.63) is 93.0 Å². The number of anilines is 1. The van der Waals surface area contributed by atoms with Crippen molar-refractivity contribution in [2.75, 3.05) is 38.8 Å². The van der Waals surface area contributed by atoms with Crippen molar-refractivity contribution < 1.29 is 28.2 Å². The van der Waals surface area contributed by atoms with E-state index in [1.54, 1.807) is 6.07 Å². The zero-order chi connectivity index (χ0) is 35.1. The Morgan fingerprint density at radius 1 is 1.06 bits per heavy atom. The van der Waals surface area contributed by atoms with Gasteiger partial charge in [-0.05, 0) is 81.5 Å². The minimum absolute atomic E-state index is 0.00337. The quantitative estimate of drug-likeness (QED) is 0.0515. The maximum Gasteiger partial charge on any atom is 0.339 e. The van der Waals surface area contributed by atoms with Crippen molar-refractivity contribution in [2.24, 2.45) is 10.8 Å². The van der Waals surface area contributed by atoms with E-state index in [4.69, 9.17) is 18.6 Å². The summed E-state index contributed by atoms with van der Waals surface area (Å²) in [6.07, 6.45) is 12.0. The van der Waals surface area contributed by atoms with Crippen LogP contribution in [0.4, 0.5) is 11.4 Å². The van der Waals surface area contributed by atoms with E-state index in [1.165, 1.54) is 0 Å². The van der Waals surface area contributed by atoms with Gasteiger partial charge in [-0.1, -0.05) is 32.1 Å². The molecule has 0 fully saturated rings. The van der Waals surface area contributed by atoms with Crippen molar-refractivity contribution in [3.63, 3.8) is 0 Å². The highest BCUT2D eigenvalue weighted by Gasteiger charge is 2.49. The van der Waals surface area contributed by atoms with Gasteiger partial charge in [0.25, 0.3) is 0 Å². The fourth-order valence-electron chi connectivity index (χ4n) is 7.38. The molecule has 2 aliphatic heterocycles. The largest absolute Gasteiger partial charge is 0.618 e. The molecule has 0 bridgehead atoms. The Morgan fingerprint density at radius 3 is 2.63 bits per heavy atom. The molecule has 258 valence electrons. The van der Waals surface area contributed by atoms with Gasteiger partial charge in [0.05, 0.1) is 35.3 Å². The van der Waals surface area contributed by atoms with Crippen LogP contribution in [0.15, 0.2) is 69.9 Å². The number of aryl methyl sites for hydroxylation is 1. The highest BCUT2D eigenvalue weighted by atomic mass is 16.6. The first-order valence-corrected chi connectivity index (χ1v) is 16.9. The van der Waals surface area contributed by atoms with Crippen molar-refractivity contribution in [3.8, 4) is 5.75 Å². The third-order valence-corrected chi connectivity index (χ3v) is 9.45. The predicted molar refractivity (Wildman–Crippen MR) is 194 cm³/mol. The van der Waals surface area contributed by atoms with Crippen LogP contribution in [0.2, 0.25) is 0 Å². The van der Waals surface area contributed by atoms with Crippen LogP contribution in [-0.2, 0) is 20.7 Å². The summed E-state index contributed by atoms with van der Waals surface area (Å²) in [4.78, 5) is 26.6. The molecule has 1 aliphatic carbocycles.